The lowest BCUT2D eigenvalue weighted by Gasteiger charge is -2.34. The summed E-state index contributed by atoms with van der Waals surface area (Å²) < 4.78 is 24.2. The Morgan fingerprint density at radius 2 is 1.84 bits per heavy atom. The van der Waals surface area contributed by atoms with E-state index in [1.807, 2.05) is 30.3 Å². The summed E-state index contributed by atoms with van der Waals surface area (Å²) in [6, 6.07) is 9.79. The molecule has 1 aliphatic rings. The van der Waals surface area contributed by atoms with Gasteiger partial charge < -0.3 is 10.6 Å². The molecule has 1 heterocycles. The van der Waals surface area contributed by atoms with Crippen LogP contribution in [0.15, 0.2) is 30.3 Å². The monoisotopic (exact) mass is 388 g/mol. The molecule has 2 N–H and O–H groups in total. The average Bonchev–Trinajstić information content (AvgIpc) is 2.54. The van der Waals surface area contributed by atoms with Crippen LogP contribution in [-0.4, -0.2) is 45.5 Å². The second-order valence-corrected chi connectivity index (χ2v) is 9.20. The smallest absolute Gasteiger partial charge is 0.235 e. The van der Waals surface area contributed by atoms with Crippen molar-refractivity contribution in [2.24, 2.45) is 5.41 Å². The molecule has 7 heteroatoms. The summed E-state index contributed by atoms with van der Waals surface area (Å²) in [5, 5.41) is 6.11. The highest BCUT2D eigenvalue weighted by Gasteiger charge is 2.27. The molecule has 1 aromatic carbocycles. The van der Waals surface area contributed by atoms with Gasteiger partial charge >= 0.3 is 0 Å². The average molecular weight is 389 g/mol. The van der Waals surface area contributed by atoms with E-state index in [9.17, 15) is 13.2 Å². The van der Waals surface area contributed by atoms with Crippen molar-refractivity contribution in [2.75, 3.05) is 31.1 Å². The molecule has 0 aliphatic carbocycles. The van der Waals surface area contributed by atoms with Gasteiger partial charge in [-0.05, 0) is 49.8 Å². The lowest BCUT2D eigenvalue weighted by Crippen LogP contribution is -2.44. The van der Waals surface area contributed by atoms with Crippen molar-refractivity contribution in [2.45, 2.75) is 32.6 Å². The van der Waals surface area contributed by atoms with E-state index in [0.717, 1.165) is 31.5 Å². The van der Waals surface area contributed by atoms with E-state index < -0.39 is 15.6 Å². The van der Waals surface area contributed by atoms with Gasteiger partial charge in [0.2, 0.25) is 5.91 Å². The second-order valence-electron chi connectivity index (χ2n) is 7.02. The van der Waals surface area contributed by atoms with Crippen LogP contribution in [0, 0.1) is 5.41 Å². The number of nitrogens with one attached hydrogen (secondary N) is 2. The molecule has 0 saturated carbocycles. The zero-order chi connectivity index (χ0) is 17.5. The molecule has 0 bridgehead atoms. The lowest BCUT2D eigenvalue weighted by atomic mass is 9.81. The molecule has 0 radical (unpaired) electrons. The van der Waals surface area contributed by atoms with Gasteiger partial charge in [-0.15, -0.1) is 12.4 Å². The van der Waals surface area contributed by atoms with E-state index in [2.05, 4.69) is 17.6 Å². The van der Waals surface area contributed by atoms with Gasteiger partial charge in [0.25, 0.3) is 0 Å². The number of rotatable bonds is 8. The Labute approximate surface area is 157 Å². The molecule has 1 amide bonds. The minimum absolute atomic E-state index is 0. The molecule has 2 rings (SSSR count). The van der Waals surface area contributed by atoms with E-state index in [0.29, 0.717) is 19.4 Å². The number of carbonyl (C=O) groups is 1. The van der Waals surface area contributed by atoms with Crippen LogP contribution in [0.25, 0.3) is 0 Å². The molecular weight excluding hydrogens is 360 g/mol. The zero-order valence-corrected chi connectivity index (χ0v) is 16.4. The predicted molar refractivity (Wildman–Crippen MR) is 104 cm³/mol. The summed E-state index contributed by atoms with van der Waals surface area (Å²) in [6.45, 7) is 4.59. The van der Waals surface area contributed by atoms with E-state index in [-0.39, 0.29) is 29.5 Å². The quantitative estimate of drug-likeness (QED) is 0.713. The number of carbonyl (C=O) groups excluding carboxylic acids is 1. The number of halogens is 1. The maximum Gasteiger partial charge on any atom is 0.235 e. The summed E-state index contributed by atoms with van der Waals surface area (Å²) in [4.78, 5) is 12.0. The van der Waals surface area contributed by atoms with Gasteiger partial charge in [0, 0.05) is 6.54 Å². The van der Waals surface area contributed by atoms with Crippen LogP contribution in [0.5, 0.6) is 0 Å². The molecule has 0 unspecified atom stereocenters. The number of benzene rings is 1. The number of hydrogen-bond acceptors (Lipinski definition) is 4. The number of amides is 1. The molecule has 142 valence electrons. The molecule has 0 atom stereocenters. The van der Waals surface area contributed by atoms with Crippen LogP contribution in [0.1, 0.15) is 31.7 Å². The highest BCUT2D eigenvalue weighted by Crippen LogP contribution is 2.26. The summed E-state index contributed by atoms with van der Waals surface area (Å²) in [5.74, 6) is -0.735. The first kappa shape index (κ1) is 21.9. The second kappa shape index (κ2) is 10.1. The topological polar surface area (TPSA) is 75.3 Å². The van der Waals surface area contributed by atoms with Crippen LogP contribution in [0.3, 0.4) is 0 Å². The van der Waals surface area contributed by atoms with Crippen molar-refractivity contribution >= 4 is 28.2 Å². The Morgan fingerprint density at radius 3 is 2.48 bits per heavy atom. The van der Waals surface area contributed by atoms with E-state index in [1.54, 1.807) is 0 Å². The molecule has 5 nitrogen and oxygen atoms in total. The third-order valence-electron chi connectivity index (χ3n) is 4.64. The van der Waals surface area contributed by atoms with Crippen LogP contribution >= 0.6 is 12.4 Å². The molecular formula is C18H29ClN2O3S. The van der Waals surface area contributed by atoms with Crippen molar-refractivity contribution in [1.82, 2.24) is 10.6 Å². The molecule has 1 aliphatic heterocycles. The Bertz CT molecular complexity index is 629. The maximum atomic E-state index is 12.1. The fourth-order valence-corrected chi connectivity index (χ4v) is 4.21. The lowest BCUT2D eigenvalue weighted by molar-refractivity contribution is -0.119. The SMILES string of the molecule is CC1(CNC(=O)CS(=O)(=O)CCCc2ccccc2)CCNCC1.Cl. The van der Waals surface area contributed by atoms with Gasteiger partial charge in [0.1, 0.15) is 5.75 Å². The Hall–Kier alpha value is -1.11. The van der Waals surface area contributed by atoms with E-state index in [1.165, 1.54) is 0 Å². The summed E-state index contributed by atoms with van der Waals surface area (Å²) >= 11 is 0. The Balaban J connectivity index is 0.00000312. The van der Waals surface area contributed by atoms with Gasteiger partial charge in [-0.25, -0.2) is 8.42 Å². The third kappa shape index (κ3) is 8.21. The van der Waals surface area contributed by atoms with Crippen LogP contribution in [0.4, 0.5) is 0 Å². The maximum absolute atomic E-state index is 12.1. The van der Waals surface area contributed by atoms with Crippen molar-refractivity contribution < 1.29 is 13.2 Å². The highest BCUT2D eigenvalue weighted by molar-refractivity contribution is 7.92. The first-order chi connectivity index (χ1) is 11.4. The molecule has 1 saturated heterocycles. The number of piperidine rings is 1. The Morgan fingerprint density at radius 1 is 1.20 bits per heavy atom. The van der Waals surface area contributed by atoms with Crippen molar-refractivity contribution in [3.8, 4) is 0 Å². The standard InChI is InChI=1S/C18H28N2O3S.ClH/c1-18(9-11-19-12-10-18)15-20-17(21)14-24(22,23)13-5-8-16-6-3-2-4-7-16;/h2-4,6-7,19H,5,8-15H2,1H3,(H,20,21);1H. The van der Waals surface area contributed by atoms with Crippen LogP contribution in [-0.2, 0) is 21.1 Å². The zero-order valence-electron chi connectivity index (χ0n) is 14.8. The fraction of sp³-hybridized carbons (Fsp3) is 0.611. The predicted octanol–water partition coefficient (Wildman–Crippen LogP) is 1.96. The summed E-state index contributed by atoms with van der Waals surface area (Å²) in [7, 11) is -3.35. The molecule has 0 spiro atoms. The number of sulfone groups is 1. The first-order valence-electron chi connectivity index (χ1n) is 8.60. The Kier molecular flexibility index (Phi) is 8.89. The molecule has 0 aromatic heterocycles. The van der Waals surface area contributed by atoms with Gasteiger partial charge in [-0.3, -0.25) is 4.79 Å². The van der Waals surface area contributed by atoms with Crippen molar-refractivity contribution in [1.29, 1.82) is 0 Å². The largest absolute Gasteiger partial charge is 0.355 e. The molecule has 1 fully saturated rings. The molecule has 25 heavy (non-hydrogen) atoms. The number of hydrogen-bond donors (Lipinski definition) is 2. The normalized spacial score (nSPS) is 16.7. The minimum Gasteiger partial charge on any atom is -0.355 e. The third-order valence-corrected chi connectivity index (χ3v) is 6.25. The van der Waals surface area contributed by atoms with Gasteiger partial charge in [0.05, 0.1) is 5.75 Å². The van der Waals surface area contributed by atoms with Gasteiger partial charge in [-0.2, -0.15) is 0 Å². The number of aryl methyl sites for hydroxylation is 1. The summed E-state index contributed by atoms with van der Waals surface area (Å²) in [5.41, 5.74) is 1.19. The van der Waals surface area contributed by atoms with Gasteiger partial charge in [0.15, 0.2) is 9.84 Å². The van der Waals surface area contributed by atoms with Gasteiger partial charge in [-0.1, -0.05) is 37.3 Å². The van der Waals surface area contributed by atoms with E-state index >= 15 is 0 Å². The minimum atomic E-state index is -3.35. The fourth-order valence-electron chi connectivity index (χ4n) is 2.98. The van der Waals surface area contributed by atoms with E-state index in [4.69, 9.17) is 0 Å². The highest BCUT2D eigenvalue weighted by atomic mass is 35.5. The van der Waals surface area contributed by atoms with Crippen molar-refractivity contribution in [3.63, 3.8) is 0 Å². The molecule has 1 aromatic rings. The van der Waals surface area contributed by atoms with Crippen molar-refractivity contribution in [3.05, 3.63) is 35.9 Å². The summed E-state index contributed by atoms with van der Waals surface area (Å²) in [6.07, 6.45) is 3.25. The van der Waals surface area contributed by atoms with Crippen LogP contribution < -0.4 is 10.6 Å². The van der Waals surface area contributed by atoms with Crippen LogP contribution in [0.2, 0.25) is 0 Å². The first-order valence-corrected chi connectivity index (χ1v) is 10.4.